The minimum atomic E-state index is -0.567. The molecule has 0 bridgehead atoms. The third kappa shape index (κ3) is 3.59. The number of nitro groups is 1. The predicted molar refractivity (Wildman–Crippen MR) is 77.1 cm³/mol. The van der Waals surface area contributed by atoms with Crippen LogP contribution in [-0.4, -0.2) is 17.4 Å². The molecule has 7 nitrogen and oxygen atoms in total. The summed E-state index contributed by atoms with van der Waals surface area (Å²) in [4.78, 5) is 22.6. The van der Waals surface area contributed by atoms with Gasteiger partial charge in [-0.15, -0.1) is 0 Å². The first kappa shape index (κ1) is 14.6. The van der Waals surface area contributed by atoms with Crippen LogP contribution in [0.15, 0.2) is 41.2 Å². The molecule has 0 aliphatic heterocycles. The van der Waals surface area contributed by atoms with E-state index in [0.29, 0.717) is 12.2 Å². The van der Waals surface area contributed by atoms with E-state index in [9.17, 15) is 14.9 Å². The molecule has 0 unspecified atom stereocenters. The van der Waals surface area contributed by atoms with E-state index in [1.165, 1.54) is 24.7 Å². The van der Waals surface area contributed by atoms with Crippen LogP contribution in [0.1, 0.15) is 22.8 Å². The number of furan rings is 1. The van der Waals surface area contributed by atoms with Gasteiger partial charge in [-0.2, -0.15) is 0 Å². The maximum absolute atomic E-state index is 12.1. The Kier molecular flexibility index (Phi) is 4.55. The van der Waals surface area contributed by atoms with Gasteiger partial charge in [0.2, 0.25) is 0 Å². The number of hydrogen-bond acceptors (Lipinski definition) is 5. The molecular weight excluding hydrogens is 274 g/mol. The number of nitrogens with zero attached hydrogens (tertiary/aromatic N) is 1. The van der Waals surface area contributed by atoms with Gasteiger partial charge in [-0.25, -0.2) is 0 Å². The molecule has 1 aromatic heterocycles. The fraction of sp³-hybridized carbons (Fsp3) is 0.214. The van der Waals surface area contributed by atoms with Gasteiger partial charge in [-0.3, -0.25) is 14.9 Å². The van der Waals surface area contributed by atoms with Crippen LogP contribution in [0.3, 0.4) is 0 Å². The van der Waals surface area contributed by atoms with E-state index < -0.39 is 10.8 Å². The first-order valence-corrected chi connectivity index (χ1v) is 6.43. The van der Waals surface area contributed by atoms with Crippen molar-refractivity contribution in [1.29, 1.82) is 0 Å². The number of carbonyl (C=O) groups excluding carboxylic acids is 1. The smallest absolute Gasteiger partial charge is 0.282 e. The quantitative estimate of drug-likeness (QED) is 0.629. The summed E-state index contributed by atoms with van der Waals surface area (Å²) in [5, 5.41) is 16.7. The number of amides is 1. The molecule has 1 heterocycles. The zero-order valence-electron chi connectivity index (χ0n) is 11.5. The van der Waals surface area contributed by atoms with Crippen molar-refractivity contribution in [3.8, 4) is 0 Å². The molecule has 0 spiro atoms. The second-order valence-electron chi connectivity index (χ2n) is 4.33. The zero-order valence-corrected chi connectivity index (χ0v) is 11.5. The average molecular weight is 289 g/mol. The number of anilines is 1. The molecule has 0 saturated heterocycles. The van der Waals surface area contributed by atoms with E-state index >= 15 is 0 Å². The van der Waals surface area contributed by atoms with E-state index in [-0.39, 0.29) is 17.8 Å². The largest absolute Gasteiger partial charge is 0.472 e. The molecule has 0 saturated carbocycles. The van der Waals surface area contributed by atoms with Gasteiger partial charge >= 0.3 is 0 Å². The van der Waals surface area contributed by atoms with E-state index in [1.807, 2.05) is 6.92 Å². The standard InChI is InChI=1S/C14H15N3O4/c1-2-15-11-3-4-13(17(19)20)12(7-11)14(18)16-8-10-5-6-21-9-10/h3-7,9,15H,2,8H2,1H3,(H,16,18). The molecule has 0 fully saturated rings. The summed E-state index contributed by atoms with van der Waals surface area (Å²) < 4.78 is 4.90. The Balaban J connectivity index is 2.20. The van der Waals surface area contributed by atoms with Crippen molar-refractivity contribution in [2.45, 2.75) is 13.5 Å². The van der Waals surface area contributed by atoms with Crippen molar-refractivity contribution in [3.63, 3.8) is 0 Å². The van der Waals surface area contributed by atoms with Gasteiger partial charge in [0.15, 0.2) is 0 Å². The molecule has 0 aliphatic rings. The van der Waals surface area contributed by atoms with Crippen molar-refractivity contribution >= 4 is 17.3 Å². The van der Waals surface area contributed by atoms with Crippen molar-refractivity contribution in [2.24, 2.45) is 0 Å². The van der Waals surface area contributed by atoms with Gasteiger partial charge in [0.1, 0.15) is 5.56 Å². The van der Waals surface area contributed by atoms with Gasteiger partial charge in [0.25, 0.3) is 11.6 Å². The summed E-state index contributed by atoms with van der Waals surface area (Å²) in [6.07, 6.45) is 3.00. The van der Waals surface area contributed by atoms with Crippen LogP contribution in [0, 0.1) is 10.1 Å². The van der Waals surface area contributed by atoms with Crippen LogP contribution >= 0.6 is 0 Å². The third-order valence-corrected chi connectivity index (χ3v) is 2.85. The summed E-state index contributed by atoms with van der Waals surface area (Å²) in [6, 6.07) is 6.09. The van der Waals surface area contributed by atoms with E-state index in [2.05, 4.69) is 10.6 Å². The lowest BCUT2D eigenvalue weighted by molar-refractivity contribution is -0.385. The molecule has 2 N–H and O–H groups in total. The Morgan fingerprint density at radius 1 is 1.38 bits per heavy atom. The summed E-state index contributed by atoms with van der Waals surface area (Å²) in [5.74, 6) is -0.498. The fourth-order valence-electron chi connectivity index (χ4n) is 1.86. The molecule has 2 rings (SSSR count). The lowest BCUT2D eigenvalue weighted by Gasteiger charge is -2.08. The molecule has 7 heteroatoms. The average Bonchev–Trinajstić information content (AvgIpc) is 2.98. The molecule has 0 aliphatic carbocycles. The summed E-state index contributed by atoms with van der Waals surface area (Å²) >= 11 is 0. The van der Waals surface area contributed by atoms with Crippen LogP contribution in [0.25, 0.3) is 0 Å². The van der Waals surface area contributed by atoms with Crippen LogP contribution in [-0.2, 0) is 6.54 Å². The van der Waals surface area contributed by atoms with Crippen LogP contribution in [0.4, 0.5) is 11.4 Å². The van der Waals surface area contributed by atoms with Gasteiger partial charge in [-0.1, -0.05) is 0 Å². The maximum atomic E-state index is 12.1. The Morgan fingerprint density at radius 3 is 2.81 bits per heavy atom. The normalized spacial score (nSPS) is 10.1. The molecule has 1 amide bonds. The molecular formula is C14H15N3O4. The fourth-order valence-corrected chi connectivity index (χ4v) is 1.86. The number of nitro benzene ring substituents is 1. The number of carbonyl (C=O) groups is 1. The van der Waals surface area contributed by atoms with Crippen LogP contribution < -0.4 is 10.6 Å². The van der Waals surface area contributed by atoms with Gasteiger partial charge in [0.05, 0.1) is 17.4 Å². The van der Waals surface area contributed by atoms with Crippen LogP contribution in [0.5, 0.6) is 0 Å². The summed E-state index contributed by atoms with van der Waals surface area (Å²) in [6.45, 7) is 2.81. The molecule has 0 atom stereocenters. The van der Waals surface area contributed by atoms with Gasteiger partial charge < -0.3 is 15.1 Å². The molecule has 1 aromatic carbocycles. The molecule has 21 heavy (non-hydrogen) atoms. The molecule has 2 aromatic rings. The molecule has 110 valence electrons. The third-order valence-electron chi connectivity index (χ3n) is 2.85. The van der Waals surface area contributed by atoms with E-state index in [4.69, 9.17) is 4.42 Å². The van der Waals surface area contributed by atoms with Crippen LogP contribution in [0.2, 0.25) is 0 Å². The highest BCUT2D eigenvalue weighted by molar-refractivity contribution is 5.99. The number of hydrogen-bond donors (Lipinski definition) is 2. The predicted octanol–water partition coefficient (Wildman–Crippen LogP) is 2.55. The number of rotatable bonds is 6. The summed E-state index contributed by atoms with van der Waals surface area (Å²) in [5.41, 5.74) is 1.26. The minimum absolute atomic E-state index is 0.0296. The second kappa shape index (κ2) is 6.56. The Labute approximate surface area is 121 Å². The van der Waals surface area contributed by atoms with Crippen molar-refractivity contribution in [3.05, 3.63) is 58.0 Å². The highest BCUT2D eigenvalue weighted by atomic mass is 16.6. The SMILES string of the molecule is CCNc1ccc([N+](=O)[O-])c(C(=O)NCc2ccoc2)c1. The lowest BCUT2D eigenvalue weighted by atomic mass is 10.1. The number of nitrogens with one attached hydrogen (secondary N) is 2. The van der Waals surface area contributed by atoms with Gasteiger partial charge in [0, 0.05) is 30.4 Å². The topological polar surface area (TPSA) is 97.4 Å². The Morgan fingerprint density at radius 2 is 2.19 bits per heavy atom. The van der Waals surface area contributed by atoms with Gasteiger partial charge in [-0.05, 0) is 25.1 Å². The second-order valence-corrected chi connectivity index (χ2v) is 4.33. The highest BCUT2D eigenvalue weighted by Crippen LogP contribution is 2.22. The Bertz CT molecular complexity index is 638. The van der Waals surface area contributed by atoms with E-state index in [0.717, 1.165) is 5.56 Å². The first-order chi connectivity index (χ1) is 10.1. The lowest BCUT2D eigenvalue weighted by Crippen LogP contribution is -2.23. The van der Waals surface area contributed by atoms with Crippen molar-refractivity contribution < 1.29 is 14.1 Å². The maximum Gasteiger partial charge on any atom is 0.282 e. The van der Waals surface area contributed by atoms with Crippen molar-refractivity contribution in [1.82, 2.24) is 5.32 Å². The first-order valence-electron chi connectivity index (χ1n) is 6.43. The highest BCUT2D eigenvalue weighted by Gasteiger charge is 2.20. The molecule has 0 radical (unpaired) electrons. The van der Waals surface area contributed by atoms with E-state index in [1.54, 1.807) is 12.1 Å². The minimum Gasteiger partial charge on any atom is -0.472 e. The monoisotopic (exact) mass is 289 g/mol. The summed E-state index contributed by atoms with van der Waals surface area (Å²) in [7, 11) is 0. The zero-order chi connectivity index (χ0) is 15.2. The Hall–Kier alpha value is -2.83. The number of benzene rings is 1. The van der Waals surface area contributed by atoms with Crippen molar-refractivity contribution in [2.75, 3.05) is 11.9 Å².